The molecule has 3 heterocycles. The summed E-state index contributed by atoms with van der Waals surface area (Å²) in [4.78, 5) is 34.0. The highest BCUT2D eigenvalue weighted by atomic mass is 16.3. The quantitative estimate of drug-likeness (QED) is 0.640. The summed E-state index contributed by atoms with van der Waals surface area (Å²) < 4.78 is 2.04. The molecule has 33 heavy (non-hydrogen) atoms. The monoisotopic (exact) mass is 452 g/mol. The molecule has 176 valence electrons. The van der Waals surface area contributed by atoms with E-state index in [4.69, 9.17) is 0 Å². The minimum atomic E-state index is -0.348. The number of nitrogens with zero attached hydrogens (tertiary/aromatic N) is 4. The standard InChI is InChI=1S/C24H32N6O3/c1-24(2)10-20-18(11-27-30(20)12-24)19-9-21(26-13-25-19)29-22(32)14-4-3-5-16(6-14)28-23(33)15-7-17(31)8-15/h9,11,13-17,31H,3-8,10,12H2,1-2H3,(H,28,33)(H,25,26,29,32)/t14-,15-,16+,17+/m0/s1. The Kier molecular flexibility index (Phi) is 5.68. The SMILES string of the molecule is CC1(C)Cc2c(-c3cc(NC(=O)[C@H]4CCC[C@@H](NC(=O)[C@H]5C[C@@H](O)C5)C4)ncn3)cnn2C1. The summed E-state index contributed by atoms with van der Waals surface area (Å²) in [6, 6.07) is 1.81. The molecule has 2 atom stereocenters. The highest BCUT2D eigenvalue weighted by Crippen LogP contribution is 2.36. The average molecular weight is 453 g/mol. The van der Waals surface area contributed by atoms with Gasteiger partial charge in [0.2, 0.25) is 11.8 Å². The van der Waals surface area contributed by atoms with Crippen LogP contribution in [-0.2, 0) is 22.6 Å². The van der Waals surface area contributed by atoms with E-state index in [1.54, 1.807) is 0 Å². The Balaban J connectivity index is 1.21. The number of amides is 2. The van der Waals surface area contributed by atoms with Gasteiger partial charge in [-0.1, -0.05) is 20.3 Å². The molecule has 2 fully saturated rings. The zero-order valence-corrected chi connectivity index (χ0v) is 19.3. The van der Waals surface area contributed by atoms with Gasteiger partial charge in [0.1, 0.15) is 12.1 Å². The van der Waals surface area contributed by atoms with Crippen molar-refractivity contribution in [2.45, 2.75) is 77.5 Å². The van der Waals surface area contributed by atoms with E-state index in [0.29, 0.717) is 25.1 Å². The highest BCUT2D eigenvalue weighted by Gasteiger charge is 2.36. The molecule has 2 aromatic rings. The second kappa shape index (κ2) is 8.52. The van der Waals surface area contributed by atoms with Crippen molar-refractivity contribution in [3.8, 4) is 11.3 Å². The molecule has 1 aliphatic heterocycles. The van der Waals surface area contributed by atoms with Gasteiger partial charge in [0, 0.05) is 41.7 Å². The second-order valence-electron chi connectivity index (χ2n) is 10.7. The van der Waals surface area contributed by atoms with Gasteiger partial charge in [0.15, 0.2) is 0 Å². The summed E-state index contributed by atoms with van der Waals surface area (Å²) in [7, 11) is 0. The molecule has 0 aromatic carbocycles. The summed E-state index contributed by atoms with van der Waals surface area (Å²) in [5.74, 6) is 0.152. The minimum Gasteiger partial charge on any atom is -0.393 e. The molecule has 3 N–H and O–H groups in total. The summed E-state index contributed by atoms with van der Waals surface area (Å²) in [5.41, 5.74) is 3.09. The van der Waals surface area contributed by atoms with Gasteiger partial charge >= 0.3 is 0 Å². The lowest BCUT2D eigenvalue weighted by atomic mass is 9.80. The van der Waals surface area contributed by atoms with Crippen LogP contribution in [0.4, 0.5) is 5.82 Å². The number of carbonyl (C=O) groups is 2. The zero-order valence-electron chi connectivity index (χ0n) is 19.3. The Morgan fingerprint density at radius 3 is 2.73 bits per heavy atom. The average Bonchev–Trinajstić information content (AvgIpc) is 3.26. The van der Waals surface area contributed by atoms with Crippen molar-refractivity contribution in [3.63, 3.8) is 0 Å². The number of nitrogens with one attached hydrogen (secondary N) is 2. The number of fused-ring (bicyclic) bond motifs is 1. The molecule has 2 aromatic heterocycles. The van der Waals surface area contributed by atoms with Crippen LogP contribution < -0.4 is 10.6 Å². The molecule has 0 spiro atoms. The fourth-order valence-corrected chi connectivity index (χ4v) is 5.34. The normalized spacial score (nSPS) is 28.0. The van der Waals surface area contributed by atoms with E-state index >= 15 is 0 Å². The number of rotatable bonds is 5. The topological polar surface area (TPSA) is 122 Å². The molecule has 2 aliphatic carbocycles. The molecular formula is C24H32N6O3. The maximum atomic E-state index is 13.0. The molecule has 2 saturated carbocycles. The van der Waals surface area contributed by atoms with E-state index < -0.39 is 0 Å². The fraction of sp³-hybridized carbons (Fsp3) is 0.625. The first-order valence-corrected chi connectivity index (χ1v) is 11.9. The first kappa shape index (κ1) is 22.0. The summed E-state index contributed by atoms with van der Waals surface area (Å²) >= 11 is 0. The zero-order chi connectivity index (χ0) is 23.2. The van der Waals surface area contributed by atoms with Gasteiger partial charge < -0.3 is 15.7 Å². The van der Waals surface area contributed by atoms with Crippen molar-refractivity contribution >= 4 is 17.6 Å². The molecule has 9 nitrogen and oxygen atoms in total. The van der Waals surface area contributed by atoms with Crippen molar-refractivity contribution in [1.82, 2.24) is 25.1 Å². The van der Waals surface area contributed by atoms with E-state index in [2.05, 4.69) is 39.5 Å². The minimum absolute atomic E-state index is 0.000868. The first-order valence-electron chi connectivity index (χ1n) is 11.9. The maximum Gasteiger partial charge on any atom is 0.228 e. The third-order valence-corrected chi connectivity index (χ3v) is 7.24. The Morgan fingerprint density at radius 2 is 1.94 bits per heavy atom. The molecule has 5 rings (SSSR count). The molecule has 0 bridgehead atoms. The van der Waals surface area contributed by atoms with E-state index in [-0.39, 0.29) is 41.2 Å². The predicted octanol–water partition coefficient (Wildman–Crippen LogP) is 2.31. The van der Waals surface area contributed by atoms with Gasteiger partial charge in [-0.05, 0) is 43.9 Å². The Bertz CT molecular complexity index is 1060. The van der Waals surface area contributed by atoms with E-state index in [1.165, 1.54) is 12.0 Å². The van der Waals surface area contributed by atoms with Gasteiger partial charge in [0.05, 0.1) is 18.0 Å². The van der Waals surface area contributed by atoms with Crippen LogP contribution in [0.25, 0.3) is 11.3 Å². The number of aromatic nitrogens is 4. The van der Waals surface area contributed by atoms with Crippen molar-refractivity contribution < 1.29 is 14.7 Å². The summed E-state index contributed by atoms with van der Waals surface area (Å²) in [5, 5.41) is 20.0. The largest absolute Gasteiger partial charge is 0.393 e. The van der Waals surface area contributed by atoms with Gasteiger partial charge in [-0.2, -0.15) is 5.10 Å². The van der Waals surface area contributed by atoms with Gasteiger partial charge in [-0.25, -0.2) is 9.97 Å². The highest BCUT2D eigenvalue weighted by molar-refractivity contribution is 5.92. The van der Waals surface area contributed by atoms with Crippen LogP contribution in [0, 0.1) is 17.3 Å². The second-order valence-corrected chi connectivity index (χ2v) is 10.7. The number of aliphatic hydroxyl groups is 1. The molecule has 0 unspecified atom stereocenters. The van der Waals surface area contributed by atoms with Gasteiger partial charge in [-0.3, -0.25) is 14.3 Å². The van der Waals surface area contributed by atoms with Crippen LogP contribution in [0.2, 0.25) is 0 Å². The van der Waals surface area contributed by atoms with Crippen molar-refractivity contribution in [2.75, 3.05) is 5.32 Å². The third-order valence-electron chi connectivity index (χ3n) is 7.24. The van der Waals surface area contributed by atoms with Crippen molar-refractivity contribution in [3.05, 3.63) is 24.3 Å². The number of hydrogen-bond donors (Lipinski definition) is 3. The number of carbonyl (C=O) groups excluding carboxylic acids is 2. The van der Waals surface area contributed by atoms with Crippen LogP contribution in [0.5, 0.6) is 0 Å². The molecular weight excluding hydrogens is 420 g/mol. The van der Waals surface area contributed by atoms with E-state index in [0.717, 1.165) is 43.5 Å². The lowest BCUT2D eigenvalue weighted by molar-refractivity contribution is -0.133. The predicted molar refractivity (Wildman–Crippen MR) is 122 cm³/mol. The fourth-order valence-electron chi connectivity index (χ4n) is 5.34. The van der Waals surface area contributed by atoms with Crippen LogP contribution in [0.15, 0.2) is 18.6 Å². The Morgan fingerprint density at radius 1 is 1.12 bits per heavy atom. The van der Waals surface area contributed by atoms with Crippen LogP contribution >= 0.6 is 0 Å². The lowest BCUT2D eigenvalue weighted by Gasteiger charge is -2.34. The Hall–Kier alpha value is -2.81. The van der Waals surface area contributed by atoms with Crippen molar-refractivity contribution in [2.24, 2.45) is 17.3 Å². The van der Waals surface area contributed by atoms with Crippen LogP contribution in [-0.4, -0.2) is 48.8 Å². The van der Waals surface area contributed by atoms with E-state index in [9.17, 15) is 14.7 Å². The smallest absolute Gasteiger partial charge is 0.228 e. The number of aliphatic hydroxyl groups excluding tert-OH is 1. The number of hydrogen-bond acceptors (Lipinski definition) is 6. The van der Waals surface area contributed by atoms with Crippen molar-refractivity contribution in [1.29, 1.82) is 0 Å². The van der Waals surface area contributed by atoms with E-state index in [1.807, 2.05) is 16.9 Å². The summed E-state index contributed by atoms with van der Waals surface area (Å²) in [6.45, 7) is 5.34. The molecule has 9 heteroatoms. The third kappa shape index (κ3) is 4.64. The molecule has 0 saturated heterocycles. The van der Waals surface area contributed by atoms with Gasteiger partial charge in [0.25, 0.3) is 0 Å². The van der Waals surface area contributed by atoms with Crippen LogP contribution in [0.3, 0.4) is 0 Å². The van der Waals surface area contributed by atoms with Gasteiger partial charge in [-0.15, -0.1) is 0 Å². The molecule has 0 radical (unpaired) electrons. The lowest BCUT2D eigenvalue weighted by Crippen LogP contribution is -2.47. The Labute approximate surface area is 193 Å². The first-order chi connectivity index (χ1) is 15.8. The number of anilines is 1. The molecule has 3 aliphatic rings. The summed E-state index contributed by atoms with van der Waals surface area (Å²) in [6.07, 6.45) is 8.17. The molecule has 2 amide bonds. The van der Waals surface area contributed by atoms with Crippen LogP contribution in [0.1, 0.15) is 58.1 Å². The maximum absolute atomic E-state index is 13.0.